The summed E-state index contributed by atoms with van der Waals surface area (Å²) in [4.78, 5) is 0. The number of benzene rings is 1. The molecule has 1 aliphatic rings. The monoisotopic (exact) mass is 374 g/mol. The van der Waals surface area contributed by atoms with Crippen LogP contribution >= 0.6 is 15.9 Å². The first-order chi connectivity index (χ1) is 9.75. The van der Waals surface area contributed by atoms with Crippen molar-refractivity contribution in [3.63, 3.8) is 0 Å². The Morgan fingerprint density at radius 3 is 2.14 bits per heavy atom. The summed E-state index contributed by atoms with van der Waals surface area (Å²) in [5, 5.41) is -0.229. The lowest BCUT2D eigenvalue weighted by Gasteiger charge is -2.18. The molecule has 2 rings (SSSR count). The van der Waals surface area contributed by atoms with E-state index in [1.807, 2.05) is 0 Å². The molecule has 2 nitrogen and oxygen atoms in total. The Bertz CT molecular complexity index is 520. The Balaban J connectivity index is 0.000000270. The van der Waals surface area contributed by atoms with Crippen molar-refractivity contribution in [2.75, 3.05) is 6.26 Å². The first-order valence-corrected chi connectivity index (χ1v) is 10.4. The molecule has 0 heterocycles. The van der Waals surface area contributed by atoms with E-state index in [1.54, 1.807) is 13.8 Å². The largest absolute Gasteiger partial charge is 0.229 e. The van der Waals surface area contributed by atoms with Gasteiger partial charge in [0.25, 0.3) is 0 Å². The maximum Gasteiger partial charge on any atom is 0.149 e. The minimum absolute atomic E-state index is 0.229. The number of sulfone groups is 1. The highest BCUT2D eigenvalue weighted by atomic mass is 79.9. The molecule has 1 saturated carbocycles. The highest BCUT2D eigenvalue weighted by molar-refractivity contribution is 9.10. The number of rotatable bonds is 3. The van der Waals surface area contributed by atoms with Gasteiger partial charge in [0.1, 0.15) is 9.84 Å². The minimum Gasteiger partial charge on any atom is -0.229 e. The summed E-state index contributed by atoms with van der Waals surface area (Å²) < 4.78 is 21.8. The zero-order valence-electron chi connectivity index (χ0n) is 13.5. The van der Waals surface area contributed by atoms with Gasteiger partial charge < -0.3 is 0 Å². The van der Waals surface area contributed by atoms with Gasteiger partial charge in [0, 0.05) is 10.7 Å². The highest BCUT2D eigenvalue weighted by Crippen LogP contribution is 2.41. The van der Waals surface area contributed by atoms with Crippen LogP contribution in [0.4, 0.5) is 0 Å². The topological polar surface area (TPSA) is 34.1 Å². The summed E-state index contributed by atoms with van der Waals surface area (Å²) >= 11 is 3.49. The van der Waals surface area contributed by atoms with Gasteiger partial charge in [0.2, 0.25) is 0 Å². The Hall–Kier alpha value is -0.350. The molecule has 1 aromatic rings. The molecule has 0 spiro atoms. The van der Waals surface area contributed by atoms with Gasteiger partial charge in [-0.25, -0.2) is 8.42 Å². The molecular formula is C17H27BrO2S. The van der Waals surface area contributed by atoms with E-state index in [0.717, 1.165) is 11.8 Å². The maximum atomic E-state index is 10.3. The normalized spacial score (nSPS) is 22.0. The van der Waals surface area contributed by atoms with E-state index in [0.29, 0.717) is 0 Å². The number of hydrogen-bond donors (Lipinski definition) is 0. The van der Waals surface area contributed by atoms with Crippen molar-refractivity contribution in [2.45, 2.75) is 57.6 Å². The Labute approximate surface area is 138 Å². The van der Waals surface area contributed by atoms with Crippen LogP contribution in [0.15, 0.2) is 28.7 Å². The molecule has 1 fully saturated rings. The standard InChI is InChI=1S/C13H17Br.C4H10O2S/c1-2-10-4-3-5-13(10)11-6-8-12(14)9-7-11;1-4(2)7(3,5)6/h6-10,13H,2-5H2,1H3;4H,1-3H3. The molecule has 0 N–H and O–H groups in total. The number of hydrogen-bond acceptors (Lipinski definition) is 2. The molecule has 4 heteroatoms. The fourth-order valence-corrected chi connectivity index (χ4v) is 2.94. The van der Waals surface area contributed by atoms with Crippen molar-refractivity contribution in [1.29, 1.82) is 0 Å². The lowest BCUT2D eigenvalue weighted by Crippen LogP contribution is -2.10. The lowest BCUT2D eigenvalue weighted by molar-refractivity contribution is 0.470. The smallest absolute Gasteiger partial charge is 0.149 e. The molecular weight excluding hydrogens is 348 g/mol. The molecule has 2 unspecified atom stereocenters. The Morgan fingerprint density at radius 1 is 1.19 bits per heavy atom. The highest BCUT2D eigenvalue weighted by Gasteiger charge is 2.26. The summed E-state index contributed by atoms with van der Waals surface area (Å²) in [6, 6.07) is 8.90. The van der Waals surface area contributed by atoms with Crippen LogP contribution in [0.25, 0.3) is 0 Å². The third-order valence-corrected chi connectivity index (χ3v) is 6.58. The molecule has 1 aromatic carbocycles. The van der Waals surface area contributed by atoms with Gasteiger partial charge in [0.05, 0.1) is 5.25 Å². The van der Waals surface area contributed by atoms with E-state index in [9.17, 15) is 8.42 Å². The molecule has 2 atom stereocenters. The van der Waals surface area contributed by atoms with Gasteiger partial charge in [-0.2, -0.15) is 0 Å². The lowest BCUT2D eigenvalue weighted by atomic mass is 9.87. The van der Waals surface area contributed by atoms with Gasteiger partial charge in [-0.15, -0.1) is 0 Å². The van der Waals surface area contributed by atoms with E-state index in [4.69, 9.17) is 0 Å². The van der Waals surface area contributed by atoms with Crippen LogP contribution in [-0.4, -0.2) is 19.9 Å². The first-order valence-electron chi connectivity index (χ1n) is 7.70. The SMILES string of the molecule is CC(C)S(C)(=O)=O.CCC1CCCC1c1ccc(Br)cc1. The second-order valence-electron chi connectivity index (χ2n) is 6.14. The van der Waals surface area contributed by atoms with Gasteiger partial charge in [0.15, 0.2) is 0 Å². The average molecular weight is 375 g/mol. The van der Waals surface area contributed by atoms with Crippen LogP contribution in [-0.2, 0) is 9.84 Å². The third kappa shape index (κ3) is 6.11. The van der Waals surface area contributed by atoms with E-state index in [-0.39, 0.29) is 5.25 Å². The summed E-state index contributed by atoms with van der Waals surface area (Å²) in [6.45, 7) is 5.65. The van der Waals surface area contributed by atoms with Crippen molar-refractivity contribution < 1.29 is 8.42 Å². The van der Waals surface area contributed by atoms with E-state index in [1.165, 1.54) is 42.0 Å². The van der Waals surface area contributed by atoms with E-state index < -0.39 is 9.84 Å². The molecule has 0 aliphatic heterocycles. The second-order valence-corrected chi connectivity index (χ2v) is 9.65. The van der Waals surface area contributed by atoms with Crippen molar-refractivity contribution >= 4 is 25.8 Å². The zero-order valence-corrected chi connectivity index (χ0v) is 15.9. The molecule has 0 radical (unpaired) electrons. The minimum atomic E-state index is -2.74. The van der Waals surface area contributed by atoms with Crippen molar-refractivity contribution in [1.82, 2.24) is 0 Å². The van der Waals surface area contributed by atoms with Crippen molar-refractivity contribution in [3.8, 4) is 0 Å². The molecule has 120 valence electrons. The van der Waals surface area contributed by atoms with Crippen molar-refractivity contribution in [2.24, 2.45) is 5.92 Å². The van der Waals surface area contributed by atoms with Crippen LogP contribution in [0.2, 0.25) is 0 Å². The fourth-order valence-electron chi connectivity index (χ4n) is 2.67. The fraction of sp³-hybridized carbons (Fsp3) is 0.647. The van der Waals surface area contributed by atoms with Gasteiger partial charge in [-0.1, -0.05) is 47.8 Å². The summed E-state index contributed by atoms with van der Waals surface area (Å²) in [5.41, 5.74) is 1.54. The Kier molecular flexibility index (Phi) is 7.41. The maximum absolute atomic E-state index is 10.3. The molecule has 21 heavy (non-hydrogen) atoms. The molecule has 0 saturated heterocycles. The third-order valence-electron chi connectivity index (χ3n) is 4.34. The van der Waals surface area contributed by atoms with Crippen LogP contribution in [0.3, 0.4) is 0 Å². The van der Waals surface area contributed by atoms with Crippen LogP contribution in [0.5, 0.6) is 0 Å². The molecule has 1 aliphatic carbocycles. The van der Waals surface area contributed by atoms with E-state index in [2.05, 4.69) is 47.1 Å². The average Bonchev–Trinajstić information content (AvgIpc) is 2.87. The molecule has 0 amide bonds. The molecule has 0 aromatic heterocycles. The quantitative estimate of drug-likeness (QED) is 0.729. The van der Waals surface area contributed by atoms with E-state index >= 15 is 0 Å². The van der Waals surface area contributed by atoms with Crippen LogP contribution in [0, 0.1) is 5.92 Å². The van der Waals surface area contributed by atoms with Crippen LogP contribution in [0.1, 0.15) is 57.9 Å². The number of halogens is 1. The summed E-state index contributed by atoms with van der Waals surface area (Å²) in [5.74, 6) is 1.75. The second kappa shape index (κ2) is 8.33. The van der Waals surface area contributed by atoms with Gasteiger partial charge >= 0.3 is 0 Å². The first kappa shape index (κ1) is 18.7. The summed E-state index contributed by atoms with van der Waals surface area (Å²) in [7, 11) is -2.74. The molecule has 0 bridgehead atoms. The van der Waals surface area contributed by atoms with Crippen molar-refractivity contribution in [3.05, 3.63) is 34.3 Å². The van der Waals surface area contributed by atoms with Gasteiger partial charge in [-0.3, -0.25) is 0 Å². The zero-order chi connectivity index (χ0) is 16.0. The van der Waals surface area contributed by atoms with Crippen LogP contribution < -0.4 is 0 Å². The summed E-state index contributed by atoms with van der Waals surface area (Å²) in [6.07, 6.45) is 6.80. The predicted molar refractivity (Wildman–Crippen MR) is 94.5 cm³/mol. The predicted octanol–water partition coefficient (Wildman–Crippen LogP) is 5.18. The van der Waals surface area contributed by atoms with Gasteiger partial charge in [-0.05, 0) is 56.2 Å². The Morgan fingerprint density at radius 2 is 1.71 bits per heavy atom.